The molecule has 0 aliphatic carbocycles. The summed E-state index contributed by atoms with van der Waals surface area (Å²) in [6.45, 7) is 6.46. The Balaban J connectivity index is 2.74. The van der Waals surface area contributed by atoms with Crippen LogP contribution in [-0.2, 0) is 10.0 Å². The first-order valence-electron chi connectivity index (χ1n) is 6.39. The zero-order valence-corrected chi connectivity index (χ0v) is 12.5. The average Bonchev–Trinajstić information content (AvgIpc) is 2.24. The van der Waals surface area contributed by atoms with Crippen molar-refractivity contribution in [3.05, 3.63) is 18.2 Å². The predicted molar refractivity (Wildman–Crippen MR) is 79.4 cm³/mol. The van der Waals surface area contributed by atoms with Crippen LogP contribution in [0.4, 0.5) is 11.4 Å². The molecule has 0 fully saturated rings. The maximum Gasteiger partial charge on any atom is 0.240 e. The largest absolute Gasteiger partial charge is 0.398 e. The summed E-state index contributed by atoms with van der Waals surface area (Å²) in [5.41, 5.74) is 6.68. The molecule has 6 heteroatoms. The number of primary sulfonamides is 1. The number of nitrogen functional groups attached to an aromatic ring is 1. The van der Waals surface area contributed by atoms with E-state index in [2.05, 4.69) is 26.1 Å². The summed E-state index contributed by atoms with van der Waals surface area (Å²) in [4.78, 5) is -0.0344. The van der Waals surface area contributed by atoms with Crippen molar-refractivity contribution < 1.29 is 8.42 Å². The van der Waals surface area contributed by atoms with Crippen LogP contribution >= 0.6 is 0 Å². The Kier molecular flexibility index (Phi) is 5.20. The van der Waals surface area contributed by atoms with Gasteiger partial charge in [-0.15, -0.1) is 0 Å². The fourth-order valence-corrected chi connectivity index (χ4v) is 2.48. The van der Waals surface area contributed by atoms with Gasteiger partial charge in [0.15, 0.2) is 0 Å². The summed E-state index contributed by atoms with van der Waals surface area (Å²) in [5.74, 6) is 0.666. The van der Waals surface area contributed by atoms with Crippen molar-refractivity contribution in [3.63, 3.8) is 0 Å². The molecule has 0 aliphatic rings. The molecule has 0 heterocycles. The predicted octanol–water partition coefficient (Wildman–Crippen LogP) is 2.15. The SMILES string of the molecule is CC(C)CCC(C)Nc1ccc(S(N)(=O)=O)c(N)c1. The first-order chi connectivity index (χ1) is 8.70. The molecule has 1 unspecified atom stereocenters. The fourth-order valence-electron chi connectivity index (χ4n) is 1.84. The average molecular weight is 285 g/mol. The van der Waals surface area contributed by atoms with E-state index in [0.29, 0.717) is 12.0 Å². The number of benzene rings is 1. The van der Waals surface area contributed by atoms with Crippen LogP contribution in [0.2, 0.25) is 0 Å². The number of nitrogens with two attached hydrogens (primary N) is 2. The summed E-state index contributed by atoms with van der Waals surface area (Å²) >= 11 is 0. The molecule has 0 aromatic heterocycles. The highest BCUT2D eigenvalue weighted by Gasteiger charge is 2.13. The van der Waals surface area contributed by atoms with E-state index in [1.165, 1.54) is 6.07 Å². The van der Waals surface area contributed by atoms with Gasteiger partial charge in [-0.3, -0.25) is 0 Å². The van der Waals surface area contributed by atoms with E-state index in [9.17, 15) is 8.42 Å². The topological polar surface area (TPSA) is 98.2 Å². The van der Waals surface area contributed by atoms with Gasteiger partial charge < -0.3 is 11.1 Å². The van der Waals surface area contributed by atoms with E-state index in [0.717, 1.165) is 18.5 Å². The van der Waals surface area contributed by atoms with Gasteiger partial charge in [0.25, 0.3) is 0 Å². The number of sulfonamides is 1. The molecule has 0 radical (unpaired) electrons. The van der Waals surface area contributed by atoms with Gasteiger partial charge in [-0.05, 0) is 43.9 Å². The van der Waals surface area contributed by atoms with Crippen molar-refractivity contribution in [2.75, 3.05) is 11.1 Å². The van der Waals surface area contributed by atoms with Crippen LogP contribution in [-0.4, -0.2) is 14.5 Å². The molecule has 1 aromatic rings. The van der Waals surface area contributed by atoms with Gasteiger partial charge in [-0.25, -0.2) is 13.6 Å². The van der Waals surface area contributed by atoms with Gasteiger partial charge in [0.1, 0.15) is 4.90 Å². The van der Waals surface area contributed by atoms with Crippen LogP contribution in [0.15, 0.2) is 23.1 Å². The lowest BCUT2D eigenvalue weighted by molar-refractivity contribution is 0.528. The highest BCUT2D eigenvalue weighted by Crippen LogP contribution is 2.22. The van der Waals surface area contributed by atoms with E-state index in [4.69, 9.17) is 10.9 Å². The van der Waals surface area contributed by atoms with Crippen LogP contribution in [0.1, 0.15) is 33.6 Å². The zero-order chi connectivity index (χ0) is 14.6. The van der Waals surface area contributed by atoms with Crippen molar-refractivity contribution in [2.24, 2.45) is 11.1 Å². The van der Waals surface area contributed by atoms with Gasteiger partial charge in [-0.2, -0.15) is 0 Å². The summed E-state index contributed by atoms with van der Waals surface area (Å²) in [7, 11) is -3.75. The first kappa shape index (κ1) is 15.8. The van der Waals surface area contributed by atoms with Gasteiger partial charge in [0.2, 0.25) is 10.0 Å². The number of hydrogen-bond acceptors (Lipinski definition) is 4. The molecule has 1 atom stereocenters. The number of rotatable bonds is 6. The molecule has 1 rings (SSSR count). The smallest absolute Gasteiger partial charge is 0.240 e. The standard InChI is InChI=1S/C13H23N3O2S/c1-9(2)4-5-10(3)16-11-6-7-13(12(14)8-11)19(15,17)18/h6-10,16H,4-5,14H2,1-3H3,(H2,15,17,18). The molecule has 1 aromatic carbocycles. The third-order valence-electron chi connectivity index (χ3n) is 2.91. The van der Waals surface area contributed by atoms with Crippen molar-refractivity contribution in [2.45, 2.75) is 44.6 Å². The van der Waals surface area contributed by atoms with Crippen LogP contribution in [0.25, 0.3) is 0 Å². The van der Waals surface area contributed by atoms with Crippen molar-refractivity contribution >= 4 is 21.4 Å². The normalized spacial score (nSPS) is 13.5. The van der Waals surface area contributed by atoms with Gasteiger partial charge in [0.05, 0.1) is 5.69 Å². The second-order valence-electron chi connectivity index (χ2n) is 5.31. The third kappa shape index (κ3) is 5.08. The maximum atomic E-state index is 11.2. The number of anilines is 2. The number of hydrogen-bond donors (Lipinski definition) is 3. The minimum atomic E-state index is -3.75. The van der Waals surface area contributed by atoms with E-state index >= 15 is 0 Å². The van der Waals surface area contributed by atoms with Crippen molar-refractivity contribution in [1.29, 1.82) is 0 Å². The summed E-state index contributed by atoms with van der Waals surface area (Å²) in [6.07, 6.45) is 2.19. The highest BCUT2D eigenvalue weighted by molar-refractivity contribution is 7.89. The maximum absolute atomic E-state index is 11.2. The van der Waals surface area contributed by atoms with Crippen LogP contribution in [0, 0.1) is 5.92 Å². The third-order valence-corrected chi connectivity index (χ3v) is 3.89. The number of nitrogens with one attached hydrogen (secondary N) is 1. The molecular weight excluding hydrogens is 262 g/mol. The summed E-state index contributed by atoms with van der Waals surface area (Å²) < 4.78 is 22.5. The molecule has 0 saturated carbocycles. The van der Waals surface area contributed by atoms with Crippen LogP contribution in [0.5, 0.6) is 0 Å². The Labute approximate surface area is 115 Å². The lowest BCUT2D eigenvalue weighted by Crippen LogP contribution is -2.17. The molecular formula is C13H23N3O2S. The minimum absolute atomic E-state index is 0.0344. The Hall–Kier alpha value is -1.27. The Morgan fingerprint density at radius 1 is 1.21 bits per heavy atom. The van der Waals surface area contributed by atoms with Crippen molar-refractivity contribution in [3.8, 4) is 0 Å². The van der Waals surface area contributed by atoms with Gasteiger partial charge in [-0.1, -0.05) is 13.8 Å². The lowest BCUT2D eigenvalue weighted by Gasteiger charge is -2.17. The summed E-state index contributed by atoms with van der Waals surface area (Å²) in [5, 5.41) is 8.36. The van der Waals surface area contributed by atoms with Crippen molar-refractivity contribution in [1.82, 2.24) is 0 Å². The Bertz CT molecular complexity index is 527. The van der Waals surface area contributed by atoms with Crippen LogP contribution < -0.4 is 16.2 Å². The van der Waals surface area contributed by atoms with E-state index in [1.54, 1.807) is 12.1 Å². The molecule has 0 bridgehead atoms. The first-order valence-corrected chi connectivity index (χ1v) is 7.93. The Morgan fingerprint density at radius 2 is 1.84 bits per heavy atom. The monoisotopic (exact) mass is 285 g/mol. The molecule has 5 N–H and O–H groups in total. The molecule has 19 heavy (non-hydrogen) atoms. The molecule has 0 aliphatic heterocycles. The van der Waals surface area contributed by atoms with Crippen LogP contribution in [0.3, 0.4) is 0 Å². The Morgan fingerprint density at radius 3 is 2.32 bits per heavy atom. The second kappa shape index (κ2) is 6.25. The molecule has 108 valence electrons. The summed E-state index contributed by atoms with van der Waals surface area (Å²) in [6, 6.07) is 5.03. The minimum Gasteiger partial charge on any atom is -0.398 e. The zero-order valence-electron chi connectivity index (χ0n) is 11.7. The fraction of sp³-hybridized carbons (Fsp3) is 0.538. The van der Waals surface area contributed by atoms with E-state index < -0.39 is 10.0 Å². The molecule has 0 spiro atoms. The van der Waals surface area contributed by atoms with E-state index in [-0.39, 0.29) is 10.6 Å². The molecule has 0 saturated heterocycles. The highest BCUT2D eigenvalue weighted by atomic mass is 32.2. The molecule has 0 amide bonds. The molecule has 5 nitrogen and oxygen atoms in total. The van der Waals surface area contributed by atoms with Gasteiger partial charge >= 0.3 is 0 Å². The van der Waals surface area contributed by atoms with E-state index in [1.807, 2.05) is 0 Å². The second-order valence-corrected chi connectivity index (χ2v) is 6.84. The quantitative estimate of drug-likeness (QED) is 0.697. The van der Waals surface area contributed by atoms with Gasteiger partial charge in [0, 0.05) is 11.7 Å². The lowest BCUT2D eigenvalue weighted by atomic mass is 10.0.